The lowest BCUT2D eigenvalue weighted by Crippen LogP contribution is -2.34. The Morgan fingerprint density at radius 2 is 1.78 bits per heavy atom. The first-order valence-electron chi connectivity index (χ1n) is 9.19. The molecule has 1 heterocycles. The standard InChI is InChI=1S/C22H24N2O3/c1-2-24(15-17-8-4-3-5-9-17)21(25)16-27-22(26)13-12-18-14-23-20-11-7-6-10-19(18)20/h3-11,14,23H,2,12-13,15-16H2,1H3. The summed E-state index contributed by atoms with van der Waals surface area (Å²) in [4.78, 5) is 29.3. The van der Waals surface area contributed by atoms with Crippen molar-refractivity contribution < 1.29 is 14.3 Å². The summed E-state index contributed by atoms with van der Waals surface area (Å²) in [5, 5.41) is 1.11. The van der Waals surface area contributed by atoms with Gasteiger partial charge in [-0.05, 0) is 30.5 Å². The Morgan fingerprint density at radius 1 is 1.04 bits per heavy atom. The van der Waals surface area contributed by atoms with Crippen LogP contribution in [0.4, 0.5) is 0 Å². The summed E-state index contributed by atoms with van der Waals surface area (Å²) in [7, 11) is 0. The molecule has 0 bridgehead atoms. The van der Waals surface area contributed by atoms with Crippen molar-refractivity contribution in [1.29, 1.82) is 0 Å². The minimum Gasteiger partial charge on any atom is -0.456 e. The summed E-state index contributed by atoms with van der Waals surface area (Å²) in [6.07, 6.45) is 2.75. The van der Waals surface area contributed by atoms with Crippen LogP contribution in [-0.4, -0.2) is 34.9 Å². The Kier molecular flexibility index (Phi) is 6.26. The molecule has 3 rings (SSSR count). The highest BCUT2D eigenvalue weighted by molar-refractivity contribution is 5.84. The first-order valence-corrected chi connectivity index (χ1v) is 9.19. The molecule has 0 radical (unpaired) electrons. The number of para-hydroxylation sites is 1. The second-order valence-corrected chi connectivity index (χ2v) is 6.41. The monoisotopic (exact) mass is 364 g/mol. The van der Waals surface area contributed by atoms with E-state index in [0.29, 0.717) is 19.5 Å². The van der Waals surface area contributed by atoms with Crippen LogP contribution in [0.2, 0.25) is 0 Å². The number of hydrogen-bond acceptors (Lipinski definition) is 3. The van der Waals surface area contributed by atoms with Gasteiger partial charge in [0.25, 0.3) is 5.91 Å². The van der Waals surface area contributed by atoms with Crippen LogP contribution in [0.1, 0.15) is 24.5 Å². The molecule has 27 heavy (non-hydrogen) atoms. The van der Waals surface area contributed by atoms with E-state index in [1.807, 2.05) is 67.7 Å². The van der Waals surface area contributed by atoms with Gasteiger partial charge in [-0.15, -0.1) is 0 Å². The zero-order valence-electron chi connectivity index (χ0n) is 15.5. The molecule has 5 nitrogen and oxygen atoms in total. The van der Waals surface area contributed by atoms with Gasteiger partial charge in [0.05, 0.1) is 0 Å². The Bertz CT molecular complexity index is 902. The predicted molar refractivity (Wildman–Crippen MR) is 105 cm³/mol. The Hall–Kier alpha value is -3.08. The van der Waals surface area contributed by atoms with Crippen molar-refractivity contribution in [2.45, 2.75) is 26.3 Å². The van der Waals surface area contributed by atoms with Gasteiger partial charge in [0, 0.05) is 36.6 Å². The Labute approximate surface area is 158 Å². The normalized spacial score (nSPS) is 10.7. The van der Waals surface area contributed by atoms with Crippen LogP contribution < -0.4 is 0 Å². The third-order valence-electron chi connectivity index (χ3n) is 4.58. The molecule has 0 atom stereocenters. The van der Waals surface area contributed by atoms with Gasteiger partial charge < -0.3 is 14.6 Å². The molecular weight excluding hydrogens is 340 g/mol. The number of carbonyl (C=O) groups excluding carboxylic acids is 2. The average molecular weight is 364 g/mol. The Balaban J connectivity index is 1.47. The number of nitrogens with one attached hydrogen (secondary N) is 1. The van der Waals surface area contributed by atoms with Gasteiger partial charge in [0.15, 0.2) is 6.61 Å². The van der Waals surface area contributed by atoms with E-state index in [0.717, 1.165) is 22.0 Å². The fourth-order valence-corrected chi connectivity index (χ4v) is 3.06. The summed E-state index contributed by atoms with van der Waals surface area (Å²) in [6.45, 7) is 2.79. The molecule has 0 spiro atoms. The molecule has 140 valence electrons. The van der Waals surface area contributed by atoms with E-state index in [9.17, 15) is 9.59 Å². The fourth-order valence-electron chi connectivity index (χ4n) is 3.06. The smallest absolute Gasteiger partial charge is 0.306 e. The number of rotatable bonds is 8. The Morgan fingerprint density at radius 3 is 2.56 bits per heavy atom. The lowest BCUT2D eigenvalue weighted by Gasteiger charge is -2.20. The van der Waals surface area contributed by atoms with E-state index >= 15 is 0 Å². The second-order valence-electron chi connectivity index (χ2n) is 6.41. The number of likely N-dealkylation sites (N-methyl/N-ethyl adjacent to an activating group) is 1. The molecule has 1 N–H and O–H groups in total. The van der Waals surface area contributed by atoms with Crippen LogP contribution in [0.3, 0.4) is 0 Å². The number of amides is 1. The van der Waals surface area contributed by atoms with E-state index < -0.39 is 0 Å². The van der Waals surface area contributed by atoms with Crippen LogP contribution in [-0.2, 0) is 27.3 Å². The van der Waals surface area contributed by atoms with E-state index in [-0.39, 0.29) is 24.9 Å². The summed E-state index contributed by atoms with van der Waals surface area (Å²) in [6, 6.07) is 17.8. The largest absolute Gasteiger partial charge is 0.456 e. The second kappa shape index (κ2) is 9.03. The van der Waals surface area contributed by atoms with Crippen LogP contribution in [0.25, 0.3) is 10.9 Å². The highest BCUT2D eigenvalue weighted by atomic mass is 16.5. The summed E-state index contributed by atoms with van der Waals surface area (Å²) < 4.78 is 5.19. The molecule has 0 unspecified atom stereocenters. The predicted octanol–water partition coefficient (Wildman–Crippen LogP) is 3.69. The first kappa shape index (κ1) is 18.7. The van der Waals surface area contributed by atoms with E-state index in [2.05, 4.69) is 4.98 Å². The van der Waals surface area contributed by atoms with Gasteiger partial charge in [-0.25, -0.2) is 0 Å². The zero-order chi connectivity index (χ0) is 19.1. The third-order valence-corrected chi connectivity index (χ3v) is 4.58. The van der Waals surface area contributed by atoms with E-state index in [1.54, 1.807) is 4.90 Å². The van der Waals surface area contributed by atoms with Gasteiger partial charge in [0.1, 0.15) is 0 Å². The van der Waals surface area contributed by atoms with Crippen molar-refractivity contribution in [2.75, 3.05) is 13.2 Å². The van der Waals surface area contributed by atoms with Gasteiger partial charge in [-0.3, -0.25) is 9.59 Å². The molecular formula is C22H24N2O3. The minimum atomic E-state index is -0.357. The molecule has 0 aliphatic rings. The van der Waals surface area contributed by atoms with Crippen molar-refractivity contribution in [3.63, 3.8) is 0 Å². The number of hydrogen-bond donors (Lipinski definition) is 1. The van der Waals surface area contributed by atoms with Crippen molar-refractivity contribution >= 4 is 22.8 Å². The average Bonchev–Trinajstić information content (AvgIpc) is 3.12. The van der Waals surface area contributed by atoms with Gasteiger partial charge in [0.2, 0.25) is 0 Å². The lowest BCUT2D eigenvalue weighted by molar-refractivity contribution is -0.152. The third kappa shape index (κ3) is 4.97. The van der Waals surface area contributed by atoms with E-state index in [1.165, 1.54) is 0 Å². The van der Waals surface area contributed by atoms with E-state index in [4.69, 9.17) is 4.74 Å². The van der Waals surface area contributed by atoms with Gasteiger partial charge in [-0.1, -0.05) is 48.5 Å². The number of carbonyl (C=O) groups is 2. The number of aromatic nitrogens is 1. The van der Waals surface area contributed by atoms with Crippen LogP contribution in [0.5, 0.6) is 0 Å². The topological polar surface area (TPSA) is 62.4 Å². The molecule has 5 heteroatoms. The number of ether oxygens (including phenoxy) is 1. The van der Waals surface area contributed by atoms with Gasteiger partial charge in [-0.2, -0.15) is 0 Å². The number of H-pyrrole nitrogens is 1. The van der Waals surface area contributed by atoms with Crippen molar-refractivity contribution in [3.8, 4) is 0 Å². The summed E-state index contributed by atoms with van der Waals surface area (Å²) in [5.74, 6) is -0.536. The SMILES string of the molecule is CCN(Cc1ccccc1)C(=O)COC(=O)CCc1c[nH]c2ccccc12. The quantitative estimate of drug-likeness (QED) is 0.620. The summed E-state index contributed by atoms with van der Waals surface area (Å²) >= 11 is 0. The highest BCUT2D eigenvalue weighted by Gasteiger charge is 2.15. The van der Waals surface area contributed by atoms with Crippen LogP contribution >= 0.6 is 0 Å². The van der Waals surface area contributed by atoms with Crippen molar-refractivity contribution in [1.82, 2.24) is 9.88 Å². The number of esters is 1. The highest BCUT2D eigenvalue weighted by Crippen LogP contribution is 2.19. The van der Waals surface area contributed by atoms with Crippen LogP contribution in [0.15, 0.2) is 60.8 Å². The molecule has 0 saturated heterocycles. The number of aromatic amines is 1. The molecule has 2 aromatic carbocycles. The molecule has 0 fully saturated rings. The maximum absolute atomic E-state index is 12.3. The number of fused-ring (bicyclic) bond motifs is 1. The molecule has 1 aromatic heterocycles. The molecule has 0 aliphatic heterocycles. The first-order chi connectivity index (χ1) is 13.2. The van der Waals surface area contributed by atoms with Crippen LogP contribution in [0, 0.1) is 0 Å². The molecule has 0 saturated carbocycles. The number of aryl methyl sites for hydroxylation is 1. The molecule has 0 aliphatic carbocycles. The fraction of sp³-hybridized carbons (Fsp3) is 0.273. The number of nitrogens with zero attached hydrogens (tertiary/aromatic N) is 1. The van der Waals surface area contributed by atoms with Crippen molar-refractivity contribution in [2.24, 2.45) is 0 Å². The van der Waals surface area contributed by atoms with Gasteiger partial charge >= 0.3 is 5.97 Å². The lowest BCUT2D eigenvalue weighted by atomic mass is 10.1. The zero-order valence-corrected chi connectivity index (χ0v) is 15.5. The number of benzene rings is 2. The maximum atomic E-state index is 12.3. The minimum absolute atomic E-state index is 0.179. The molecule has 3 aromatic rings. The van der Waals surface area contributed by atoms with Crippen molar-refractivity contribution in [3.05, 3.63) is 71.9 Å². The molecule has 1 amide bonds. The summed E-state index contributed by atoms with van der Waals surface area (Å²) in [5.41, 5.74) is 3.18. The maximum Gasteiger partial charge on any atom is 0.306 e.